The normalized spacial score (nSPS) is 11.9. The van der Waals surface area contributed by atoms with Crippen molar-refractivity contribution in [3.05, 3.63) is 71.3 Å². The molecule has 2 aromatic carbocycles. The zero-order valence-electron chi connectivity index (χ0n) is 12.8. The van der Waals surface area contributed by atoms with E-state index >= 15 is 0 Å². The zero-order valence-corrected chi connectivity index (χ0v) is 12.8. The summed E-state index contributed by atoms with van der Waals surface area (Å²) >= 11 is 0. The fraction of sp³-hybridized carbons (Fsp3) is 0.278. The van der Waals surface area contributed by atoms with Gasteiger partial charge in [0.15, 0.2) is 0 Å². The van der Waals surface area contributed by atoms with Gasteiger partial charge in [-0.15, -0.1) is 0 Å². The third-order valence-corrected chi connectivity index (χ3v) is 3.53. The van der Waals surface area contributed by atoms with Crippen LogP contribution in [0.2, 0.25) is 0 Å². The van der Waals surface area contributed by atoms with E-state index in [9.17, 15) is 4.79 Å². The lowest BCUT2D eigenvalue weighted by Crippen LogP contribution is -2.32. The van der Waals surface area contributed by atoms with Crippen molar-refractivity contribution in [2.45, 2.75) is 19.6 Å². The fourth-order valence-electron chi connectivity index (χ4n) is 2.23. The molecule has 22 heavy (non-hydrogen) atoms. The minimum atomic E-state index is -0.0580. The van der Waals surface area contributed by atoms with Gasteiger partial charge < -0.3 is 15.7 Å². The summed E-state index contributed by atoms with van der Waals surface area (Å²) in [5.74, 6) is -0.0580. The predicted octanol–water partition coefficient (Wildman–Crippen LogP) is 2.26. The molecule has 116 valence electrons. The Bertz CT molecular complexity index is 599. The fourth-order valence-corrected chi connectivity index (χ4v) is 2.23. The minimum absolute atomic E-state index is 0.0493. The second-order valence-corrected chi connectivity index (χ2v) is 5.20. The Balaban J connectivity index is 1.75. The number of carbonyl (C=O) groups excluding carboxylic acids is 1. The second-order valence-electron chi connectivity index (χ2n) is 5.20. The van der Waals surface area contributed by atoms with Crippen LogP contribution in [0.1, 0.15) is 34.5 Å². The third kappa shape index (κ3) is 4.69. The van der Waals surface area contributed by atoms with Crippen molar-refractivity contribution in [3.8, 4) is 0 Å². The molecule has 4 nitrogen and oxygen atoms in total. The highest BCUT2D eigenvalue weighted by molar-refractivity contribution is 5.94. The molecule has 0 aromatic heterocycles. The molecular formula is C18H22N2O2. The first-order chi connectivity index (χ1) is 10.7. The molecule has 2 aromatic rings. The number of rotatable bonds is 7. The Morgan fingerprint density at radius 3 is 2.59 bits per heavy atom. The van der Waals surface area contributed by atoms with Gasteiger partial charge in [0.1, 0.15) is 0 Å². The molecule has 0 aliphatic carbocycles. The molecule has 1 amide bonds. The first-order valence-electron chi connectivity index (χ1n) is 7.47. The van der Waals surface area contributed by atoms with Gasteiger partial charge in [-0.3, -0.25) is 4.79 Å². The Kier molecular flexibility index (Phi) is 6.13. The maximum absolute atomic E-state index is 11.9. The number of nitrogens with one attached hydrogen (secondary N) is 2. The largest absolute Gasteiger partial charge is 0.392 e. The zero-order chi connectivity index (χ0) is 15.8. The van der Waals surface area contributed by atoms with Gasteiger partial charge >= 0.3 is 0 Å². The molecule has 0 saturated carbocycles. The Hall–Kier alpha value is -2.17. The van der Waals surface area contributed by atoms with Crippen LogP contribution in [-0.2, 0) is 6.61 Å². The summed E-state index contributed by atoms with van der Waals surface area (Å²) in [5.41, 5.74) is 2.70. The molecule has 4 heteroatoms. The average Bonchev–Trinajstić information content (AvgIpc) is 2.59. The van der Waals surface area contributed by atoms with Crippen LogP contribution in [0, 0.1) is 0 Å². The summed E-state index contributed by atoms with van der Waals surface area (Å²) in [6.07, 6.45) is 0. The lowest BCUT2D eigenvalue weighted by atomic mass is 10.1. The predicted molar refractivity (Wildman–Crippen MR) is 87.6 cm³/mol. The quantitative estimate of drug-likeness (QED) is 0.687. The number of aliphatic hydroxyl groups excluding tert-OH is 1. The molecule has 0 fully saturated rings. The second kappa shape index (κ2) is 8.32. The van der Waals surface area contributed by atoms with Gasteiger partial charge in [-0.05, 0) is 30.2 Å². The maximum atomic E-state index is 11.9. The molecule has 2 rings (SSSR count). The van der Waals surface area contributed by atoms with E-state index in [0.29, 0.717) is 18.7 Å². The van der Waals surface area contributed by atoms with Gasteiger partial charge in [0.2, 0.25) is 0 Å². The van der Waals surface area contributed by atoms with Crippen molar-refractivity contribution in [2.75, 3.05) is 13.1 Å². The van der Waals surface area contributed by atoms with Gasteiger partial charge in [0.05, 0.1) is 6.61 Å². The molecule has 0 spiro atoms. The highest BCUT2D eigenvalue weighted by Crippen LogP contribution is 2.13. The summed E-state index contributed by atoms with van der Waals surface area (Å²) in [5, 5.41) is 15.4. The van der Waals surface area contributed by atoms with Crippen molar-refractivity contribution < 1.29 is 9.90 Å². The summed E-state index contributed by atoms with van der Waals surface area (Å²) in [4.78, 5) is 11.9. The third-order valence-electron chi connectivity index (χ3n) is 3.53. The number of aliphatic hydroxyl groups is 1. The van der Waals surface area contributed by atoms with Gasteiger partial charge in [-0.2, -0.15) is 0 Å². The summed E-state index contributed by atoms with van der Waals surface area (Å²) in [7, 11) is 0. The highest BCUT2D eigenvalue weighted by atomic mass is 16.3. The van der Waals surface area contributed by atoms with Crippen LogP contribution in [0.3, 0.4) is 0 Å². The van der Waals surface area contributed by atoms with E-state index in [4.69, 9.17) is 5.11 Å². The highest BCUT2D eigenvalue weighted by Gasteiger charge is 2.06. The molecule has 1 atom stereocenters. The molecule has 1 unspecified atom stereocenters. The summed E-state index contributed by atoms with van der Waals surface area (Å²) < 4.78 is 0. The SMILES string of the molecule is CC(NCCNC(=O)c1ccccc1)c1cccc(CO)c1. The molecular weight excluding hydrogens is 276 g/mol. The monoisotopic (exact) mass is 298 g/mol. The van der Waals surface area contributed by atoms with E-state index in [1.165, 1.54) is 0 Å². The lowest BCUT2D eigenvalue weighted by Gasteiger charge is -2.15. The number of benzene rings is 2. The van der Waals surface area contributed by atoms with Crippen molar-refractivity contribution >= 4 is 5.91 Å². The molecule has 0 bridgehead atoms. The van der Waals surface area contributed by atoms with Crippen molar-refractivity contribution in [2.24, 2.45) is 0 Å². The molecule has 0 radical (unpaired) electrons. The Labute approximate surface area is 131 Å². The van der Waals surface area contributed by atoms with Gasteiger partial charge in [-0.1, -0.05) is 42.5 Å². The van der Waals surface area contributed by atoms with Crippen molar-refractivity contribution in [3.63, 3.8) is 0 Å². The summed E-state index contributed by atoms with van der Waals surface area (Å²) in [6.45, 7) is 3.37. The van der Waals surface area contributed by atoms with E-state index < -0.39 is 0 Å². The van der Waals surface area contributed by atoms with E-state index in [1.54, 1.807) is 12.1 Å². The van der Waals surface area contributed by atoms with Gasteiger partial charge in [-0.25, -0.2) is 0 Å². The van der Waals surface area contributed by atoms with Crippen LogP contribution in [-0.4, -0.2) is 24.1 Å². The molecule has 3 N–H and O–H groups in total. The Morgan fingerprint density at radius 1 is 1.09 bits per heavy atom. The number of carbonyl (C=O) groups is 1. The van der Waals surface area contributed by atoms with Crippen LogP contribution >= 0.6 is 0 Å². The Morgan fingerprint density at radius 2 is 1.86 bits per heavy atom. The van der Waals surface area contributed by atoms with Crippen LogP contribution in [0.5, 0.6) is 0 Å². The molecule has 0 saturated heterocycles. The first kappa shape index (κ1) is 16.2. The van der Waals surface area contributed by atoms with E-state index in [-0.39, 0.29) is 18.6 Å². The smallest absolute Gasteiger partial charge is 0.251 e. The minimum Gasteiger partial charge on any atom is -0.392 e. The standard InChI is InChI=1S/C18H22N2O2/c1-14(17-9-5-6-15(12-17)13-21)19-10-11-20-18(22)16-7-3-2-4-8-16/h2-9,12,14,19,21H,10-11,13H2,1H3,(H,20,22). The van der Waals surface area contributed by atoms with Crippen molar-refractivity contribution in [1.29, 1.82) is 0 Å². The molecule has 0 aliphatic rings. The van der Waals surface area contributed by atoms with E-state index in [1.807, 2.05) is 42.5 Å². The number of amides is 1. The topological polar surface area (TPSA) is 61.4 Å². The van der Waals surface area contributed by atoms with Gasteiger partial charge in [0, 0.05) is 24.7 Å². The first-order valence-corrected chi connectivity index (χ1v) is 7.47. The van der Waals surface area contributed by atoms with Crippen LogP contribution in [0.15, 0.2) is 54.6 Å². The number of hydrogen-bond donors (Lipinski definition) is 3. The van der Waals surface area contributed by atoms with E-state index in [0.717, 1.165) is 11.1 Å². The maximum Gasteiger partial charge on any atom is 0.251 e. The van der Waals surface area contributed by atoms with E-state index in [2.05, 4.69) is 17.6 Å². The average molecular weight is 298 g/mol. The van der Waals surface area contributed by atoms with Crippen LogP contribution in [0.25, 0.3) is 0 Å². The molecule has 0 aliphatic heterocycles. The lowest BCUT2D eigenvalue weighted by molar-refractivity contribution is 0.0953. The van der Waals surface area contributed by atoms with Gasteiger partial charge in [0.25, 0.3) is 5.91 Å². The van der Waals surface area contributed by atoms with Crippen LogP contribution < -0.4 is 10.6 Å². The van der Waals surface area contributed by atoms with Crippen molar-refractivity contribution in [1.82, 2.24) is 10.6 Å². The summed E-state index contributed by atoms with van der Waals surface area (Å²) in [6, 6.07) is 17.2. The molecule has 0 heterocycles. The van der Waals surface area contributed by atoms with Crippen LogP contribution in [0.4, 0.5) is 0 Å². The number of hydrogen-bond acceptors (Lipinski definition) is 3.